The van der Waals surface area contributed by atoms with Gasteiger partial charge in [0, 0.05) is 17.2 Å². The Bertz CT molecular complexity index is 736. The standard InChI is InChI=1S/C13H13BrFN3O2S/c14-10-7-12(15)13(18-8-10)17-6-5-9-1-3-11(4-2-9)21(16,19)20/h1-4,7-8H,5-6H2,(H,17,18)(H2,16,19,20). The maximum Gasteiger partial charge on any atom is 0.238 e. The van der Waals surface area contributed by atoms with Crippen molar-refractivity contribution in [3.05, 3.63) is 52.4 Å². The molecule has 0 saturated carbocycles. The molecule has 0 fully saturated rings. The summed E-state index contributed by atoms with van der Waals surface area (Å²) < 4.78 is 36.3. The van der Waals surface area contributed by atoms with Crippen LogP contribution in [0, 0.1) is 5.82 Å². The van der Waals surface area contributed by atoms with E-state index in [2.05, 4.69) is 26.2 Å². The summed E-state index contributed by atoms with van der Waals surface area (Å²) in [6.45, 7) is 0.472. The quantitative estimate of drug-likeness (QED) is 0.841. The van der Waals surface area contributed by atoms with E-state index in [0.717, 1.165) is 5.56 Å². The van der Waals surface area contributed by atoms with Crippen LogP contribution in [0.3, 0.4) is 0 Å². The number of rotatable bonds is 5. The highest BCUT2D eigenvalue weighted by molar-refractivity contribution is 9.10. The molecule has 0 saturated heterocycles. The van der Waals surface area contributed by atoms with Crippen LogP contribution in [-0.2, 0) is 16.4 Å². The Kier molecular flexibility index (Phi) is 4.92. The minimum Gasteiger partial charge on any atom is -0.367 e. The summed E-state index contributed by atoms with van der Waals surface area (Å²) in [5.74, 6) is -0.256. The van der Waals surface area contributed by atoms with Crippen molar-refractivity contribution in [1.29, 1.82) is 0 Å². The van der Waals surface area contributed by atoms with Gasteiger partial charge in [-0.1, -0.05) is 12.1 Å². The average Bonchev–Trinajstić information content (AvgIpc) is 2.41. The topological polar surface area (TPSA) is 85.1 Å². The highest BCUT2D eigenvalue weighted by atomic mass is 79.9. The van der Waals surface area contributed by atoms with Gasteiger partial charge in [0.15, 0.2) is 11.6 Å². The molecule has 2 aromatic rings. The molecule has 112 valence electrons. The molecule has 21 heavy (non-hydrogen) atoms. The second kappa shape index (κ2) is 6.50. The first-order valence-electron chi connectivity index (χ1n) is 6.03. The zero-order chi connectivity index (χ0) is 15.5. The Hall–Kier alpha value is -1.51. The van der Waals surface area contributed by atoms with Crippen LogP contribution in [0.25, 0.3) is 0 Å². The van der Waals surface area contributed by atoms with Gasteiger partial charge >= 0.3 is 0 Å². The van der Waals surface area contributed by atoms with E-state index in [4.69, 9.17) is 5.14 Å². The number of sulfonamides is 1. The van der Waals surface area contributed by atoms with Crippen LogP contribution in [0.15, 0.2) is 45.9 Å². The van der Waals surface area contributed by atoms with Gasteiger partial charge in [-0.25, -0.2) is 22.9 Å². The number of pyridine rings is 1. The molecule has 8 heteroatoms. The first kappa shape index (κ1) is 15.9. The summed E-state index contributed by atoms with van der Waals surface area (Å²) in [5, 5.41) is 7.90. The third kappa shape index (κ3) is 4.48. The van der Waals surface area contributed by atoms with Gasteiger partial charge in [-0.05, 0) is 46.1 Å². The van der Waals surface area contributed by atoms with Gasteiger partial charge in [-0.3, -0.25) is 0 Å². The van der Waals surface area contributed by atoms with Crippen LogP contribution in [0.1, 0.15) is 5.56 Å². The summed E-state index contributed by atoms with van der Waals surface area (Å²) in [6, 6.07) is 7.57. The number of hydrogen-bond donors (Lipinski definition) is 2. The SMILES string of the molecule is NS(=O)(=O)c1ccc(CCNc2ncc(Br)cc2F)cc1. The zero-order valence-electron chi connectivity index (χ0n) is 10.9. The van der Waals surface area contributed by atoms with Gasteiger partial charge in [0.05, 0.1) is 4.90 Å². The van der Waals surface area contributed by atoms with Gasteiger partial charge in [0.2, 0.25) is 10.0 Å². The predicted molar refractivity (Wildman–Crippen MR) is 81.9 cm³/mol. The Balaban J connectivity index is 1.94. The second-order valence-electron chi connectivity index (χ2n) is 4.35. The molecule has 5 nitrogen and oxygen atoms in total. The van der Waals surface area contributed by atoms with E-state index in [9.17, 15) is 12.8 Å². The largest absolute Gasteiger partial charge is 0.367 e. The molecule has 0 atom stereocenters. The normalized spacial score (nSPS) is 11.4. The van der Waals surface area contributed by atoms with Crippen molar-refractivity contribution in [2.24, 2.45) is 5.14 Å². The van der Waals surface area contributed by atoms with Gasteiger partial charge < -0.3 is 5.32 Å². The van der Waals surface area contributed by atoms with Gasteiger partial charge in [-0.15, -0.1) is 0 Å². The number of anilines is 1. The average molecular weight is 374 g/mol. The highest BCUT2D eigenvalue weighted by Crippen LogP contribution is 2.16. The number of nitrogens with one attached hydrogen (secondary N) is 1. The lowest BCUT2D eigenvalue weighted by molar-refractivity contribution is 0.597. The lowest BCUT2D eigenvalue weighted by Crippen LogP contribution is -2.12. The minimum atomic E-state index is -3.67. The highest BCUT2D eigenvalue weighted by Gasteiger charge is 2.07. The lowest BCUT2D eigenvalue weighted by Gasteiger charge is -2.07. The zero-order valence-corrected chi connectivity index (χ0v) is 13.3. The Morgan fingerprint density at radius 1 is 1.29 bits per heavy atom. The molecule has 0 radical (unpaired) electrons. The maximum atomic E-state index is 13.5. The van der Waals surface area contributed by atoms with Gasteiger partial charge in [-0.2, -0.15) is 0 Å². The van der Waals surface area contributed by atoms with Crippen molar-refractivity contribution < 1.29 is 12.8 Å². The third-order valence-corrected chi connectivity index (χ3v) is 4.13. The molecule has 0 aliphatic rings. The maximum absolute atomic E-state index is 13.5. The molecular formula is C13H13BrFN3O2S. The van der Waals surface area contributed by atoms with Gasteiger partial charge in [0.25, 0.3) is 0 Å². The molecule has 0 unspecified atom stereocenters. The Morgan fingerprint density at radius 2 is 1.95 bits per heavy atom. The number of aromatic nitrogens is 1. The number of nitrogens with zero attached hydrogens (tertiary/aromatic N) is 1. The summed E-state index contributed by atoms with van der Waals surface area (Å²) in [5.41, 5.74) is 0.910. The van der Waals surface area contributed by atoms with Crippen LogP contribution >= 0.6 is 15.9 Å². The van der Waals surface area contributed by atoms with E-state index in [1.807, 2.05) is 0 Å². The Morgan fingerprint density at radius 3 is 2.52 bits per heavy atom. The molecule has 2 rings (SSSR count). The lowest BCUT2D eigenvalue weighted by atomic mass is 10.1. The molecule has 0 aliphatic carbocycles. The van der Waals surface area contributed by atoms with Gasteiger partial charge in [0.1, 0.15) is 0 Å². The monoisotopic (exact) mass is 373 g/mol. The first-order chi connectivity index (χ1) is 9.86. The minimum absolute atomic E-state index is 0.0693. The molecular weight excluding hydrogens is 361 g/mol. The van der Waals surface area contributed by atoms with E-state index in [0.29, 0.717) is 17.4 Å². The van der Waals surface area contributed by atoms with E-state index < -0.39 is 15.8 Å². The smallest absolute Gasteiger partial charge is 0.238 e. The Labute approximate surface area is 130 Å². The molecule has 1 aromatic carbocycles. The predicted octanol–water partition coefficient (Wildman–Crippen LogP) is 2.29. The number of halogens is 2. The number of benzene rings is 1. The van der Waals surface area contributed by atoms with Crippen molar-refractivity contribution in [2.45, 2.75) is 11.3 Å². The third-order valence-electron chi connectivity index (χ3n) is 2.77. The van der Waals surface area contributed by atoms with Crippen LogP contribution in [0.5, 0.6) is 0 Å². The molecule has 0 bridgehead atoms. The molecule has 1 heterocycles. The van der Waals surface area contributed by atoms with E-state index in [1.54, 1.807) is 12.1 Å². The van der Waals surface area contributed by atoms with Crippen LogP contribution in [0.2, 0.25) is 0 Å². The summed E-state index contributed by atoms with van der Waals surface area (Å²) in [4.78, 5) is 4.00. The molecule has 1 aromatic heterocycles. The fourth-order valence-corrected chi connectivity index (χ4v) is 2.53. The summed E-state index contributed by atoms with van der Waals surface area (Å²) in [6.07, 6.45) is 2.11. The number of primary sulfonamides is 1. The molecule has 0 aliphatic heterocycles. The number of hydrogen-bond acceptors (Lipinski definition) is 4. The van der Waals surface area contributed by atoms with Crippen LogP contribution in [0.4, 0.5) is 10.2 Å². The van der Waals surface area contributed by atoms with Crippen LogP contribution in [-0.4, -0.2) is 19.9 Å². The molecule has 0 spiro atoms. The van der Waals surface area contributed by atoms with Crippen molar-refractivity contribution >= 4 is 31.8 Å². The molecule has 3 N–H and O–H groups in total. The van der Waals surface area contributed by atoms with Crippen molar-refractivity contribution in [3.63, 3.8) is 0 Å². The van der Waals surface area contributed by atoms with Crippen molar-refractivity contribution in [3.8, 4) is 0 Å². The van der Waals surface area contributed by atoms with E-state index in [1.165, 1.54) is 24.4 Å². The van der Waals surface area contributed by atoms with Crippen molar-refractivity contribution in [2.75, 3.05) is 11.9 Å². The fraction of sp³-hybridized carbons (Fsp3) is 0.154. The summed E-state index contributed by atoms with van der Waals surface area (Å²) >= 11 is 3.13. The van der Waals surface area contributed by atoms with E-state index >= 15 is 0 Å². The summed E-state index contributed by atoms with van der Waals surface area (Å²) in [7, 11) is -3.67. The first-order valence-corrected chi connectivity index (χ1v) is 8.37. The van der Waals surface area contributed by atoms with E-state index in [-0.39, 0.29) is 10.7 Å². The number of nitrogens with two attached hydrogens (primary N) is 1. The second-order valence-corrected chi connectivity index (χ2v) is 6.83. The fourth-order valence-electron chi connectivity index (χ4n) is 1.72. The van der Waals surface area contributed by atoms with Crippen molar-refractivity contribution in [1.82, 2.24) is 4.98 Å². The van der Waals surface area contributed by atoms with Crippen LogP contribution < -0.4 is 10.5 Å². The molecule has 0 amide bonds.